The quantitative estimate of drug-likeness (QED) is 0.723. The molecule has 2 nitrogen and oxygen atoms in total. The summed E-state index contributed by atoms with van der Waals surface area (Å²) in [6.45, 7) is 1.10. The molecular weight excluding hydrogens is 198 g/mol. The molecule has 1 unspecified atom stereocenters. The minimum atomic E-state index is 0.311. The molecule has 0 bridgehead atoms. The van der Waals surface area contributed by atoms with Crippen molar-refractivity contribution in [3.63, 3.8) is 0 Å². The second-order valence-electron chi connectivity index (χ2n) is 5.76. The summed E-state index contributed by atoms with van der Waals surface area (Å²) in [6, 6.07) is 2.21. The lowest BCUT2D eigenvalue weighted by Crippen LogP contribution is -2.63. The lowest BCUT2D eigenvalue weighted by molar-refractivity contribution is -0.0359. The molecule has 0 radical (unpaired) electrons. The van der Waals surface area contributed by atoms with Crippen molar-refractivity contribution in [2.45, 2.75) is 44.1 Å². The van der Waals surface area contributed by atoms with Gasteiger partial charge in [0.05, 0.1) is 11.8 Å². The van der Waals surface area contributed by atoms with Crippen molar-refractivity contribution in [2.24, 2.45) is 11.8 Å². The third kappa shape index (κ3) is 1.01. The fourth-order valence-corrected chi connectivity index (χ4v) is 4.44. The highest BCUT2D eigenvalue weighted by Gasteiger charge is 2.56. The van der Waals surface area contributed by atoms with Crippen LogP contribution in [0.25, 0.3) is 0 Å². The van der Waals surface area contributed by atoms with E-state index in [0.29, 0.717) is 5.54 Å². The summed E-state index contributed by atoms with van der Waals surface area (Å²) in [5.41, 5.74) is 1.80. The van der Waals surface area contributed by atoms with Crippen LogP contribution in [0.2, 0.25) is 0 Å². The van der Waals surface area contributed by atoms with Crippen molar-refractivity contribution in [2.75, 3.05) is 6.54 Å². The van der Waals surface area contributed by atoms with Gasteiger partial charge in [-0.15, -0.1) is 0 Å². The van der Waals surface area contributed by atoms with Crippen molar-refractivity contribution in [1.29, 1.82) is 0 Å². The fraction of sp³-hybridized carbons (Fsp3) is 0.714. The molecule has 1 aromatic heterocycles. The highest BCUT2D eigenvalue weighted by atomic mass is 16.3. The number of nitrogens with one attached hydrogen (secondary N) is 1. The molecule has 3 atom stereocenters. The van der Waals surface area contributed by atoms with Crippen LogP contribution in [0.3, 0.4) is 0 Å². The van der Waals surface area contributed by atoms with E-state index < -0.39 is 0 Å². The van der Waals surface area contributed by atoms with Crippen LogP contribution in [0.4, 0.5) is 0 Å². The Morgan fingerprint density at radius 1 is 1.31 bits per heavy atom. The van der Waals surface area contributed by atoms with E-state index in [4.69, 9.17) is 4.42 Å². The Bertz CT molecular complexity index is 411. The van der Waals surface area contributed by atoms with E-state index in [0.717, 1.165) is 24.8 Å². The maximum Gasteiger partial charge on any atom is 0.110 e. The molecule has 4 rings (SSSR count). The fourth-order valence-electron chi connectivity index (χ4n) is 4.44. The van der Waals surface area contributed by atoms with Crippen LogP contribution in [0.1, 0.15) is 43.4 Å². The van der Waals surface area contributed by atoms with E-state index in [-0.39, 0.29) is 0 Å². The first-order valence-electron chi connectivity index (χ1n) is 6.72. The molecule has 0 aromatic carbocycles. The summed E-state index contributed by atoms with van der Waals surface area (Å²) in [5.74, 6) is 3.13. The predicted octanol–water partition coefficient (Wildman–Crippen LogP) is 2.83. The largest absolute Gasteiger partial charge is 0.469 e. The summed E-state index contributed by atoms with van der Waals surface area (Å²) in [7, 11) is 0. The lowest BCUT2D eigenvalue weighted by Gasteiger charge is -2.59. The summed E-state index contributed by atoms with van der Waals surface area (Å²) >= 11 is 0. The Kier molecular flexibility index (Phi) is 1.82. The van der Waals surface area contributed by atoms with Gasteiger partial charge in [-0.1, -0.05) is 19.3 Å². The van der Waals surface area contributed by atoms with Gasteiger partial charge in [-0.2, -0.15) is 0 Å². The molecule has 3 aliphatic rings. The van der Waals surface area contributed by atoms with Gasteiger partial charge in [-0.3, -0.25) is 0 Å². The van der Waals surface area contributed by atoms with Gasteiger partial charge in [0, 0.05) is 18.5 Å². The second-order valence-corrected chi connectivity index (χ2v) is 5.76. The van der Waals surface area contributed by atoms with E-state index in [1.807, 2.05) is 6.26 Å². The summed E-state index contributed by atoms with van der Waals surface area (Å²) in [5, 5.41) is 3.81. The SMILES string of the molecule is c1cc2c(o1)CCNC21C[C@H]2CCCC[C@H]21. The first-order chi connectivity index (χ1) is 7.90. The Morgan fingerprint density at radius 2 is 2.25 bits per heavy atom. The van der Waals surface area contributed by atoms with Crippen LogP contribution in [0.15, 0.2) is 16.7 Å². The van der Waals surface area contributed by atoms with Gasteiger partial charge in [0.2, 0.25) is 0 Å². The molecule has 2 heteroatoms. The number of furan rings is 1. The van der Waals surface area contributed by atoms with Gasteiger partial charge in [0.25, 0.3) is 0 Å². The van der Waals surface area contributed by atoms with Crippen LogP contribution in [-0.4, -0.2) is 6.54 Å². The Hall–Kier alpha value is -0.760. The van der Waals surface area contributed by atoms with Crippen molar-refractivity contribution in [3.05, 3.63) is 23.7 Å². The van der Waals surface area contributed by atoms with Crippen LogP contribution in [0.5, 0.6) is 0 Å². The minimum Gasteiger partial charge on any atom is -0.469 e. The van der Waals surface area contributed by atoms with Crippen LogP contribution >= 0.6 is 0 Å². The van der Waals surface area contributed by atoms with Crippen LogP contribution in [0, 0.1) is 11.8 Å². The molecule has 0 saturated heterocycles. The van der Waals surface area contributed by atoms with Gasteiger partial charge < -0.3 is 9.73 Å². The molecule has 1 spiro atoms. The molecule has 1 aromatic rings. The zero-order valence-corrected chi connectivity index (χ0v) is 9.67. The van der Waals surface area contributed by atoms with E-state index in [2.05, 4.69) is 11.4 Å². The first kappa shape index (κ1) is 9.29. The molecule has 1 aliphatic heterocycles. The molecule has 0 amide bonds. The van der Waals surface area contributed by atoms with Gasteiger partial charge in [0.1, 0.15) is 5.76 Å². The zero-order chi connectivity index (χ0) is 10.6. The monoisotopic (exact) mass is 217 g/mol. The lowest BCUT2D eigenvalue weighted by atomic mass is 9.51. The molecular formula is C14H19NO. The third-order valence-electron chi connectivity index (χ3n) is 5.14. The van der Waals surface area contributed by atoms with E-state index in [1.54, 1.807) is 0 Å². The standard InChI is InChI=1S/C14H19NO/c1-2-4-11-10(3-1)9-14(11)12-6-8-16-13(12)5-7-15-14/h6,8,10-11,15H,1-5,7,9H2/t10-,11-,14?/m1/s1. The van der Waals surface area contributed by atoms with Gasteiger partial charge in [-0.25, -0.2) is 0 Å². The topological polar surface area (TPSA) is 25.2 Å². The molecule has 1 N–H and O–H groups in total. The van der Waals surface area contributed by atoms with Crippen molar-refractivity contribution >= 4 is 0 Å². The van der Waals surface area contributed by atoms with Gasteiger partial charge in [-0.05, 0) is 30.7 Å². The minimum absolute atomic E-state index is 0.311. The molecule has 2 saturated carbocycles. The Morgan fingerprint density at radius 3 is 3.19 bits per heavy atom. The van der Waals surface area contributed by atoms with E-state index >= 15 is 0 Å². The number of hydrogen-bond acceptors (Lipinski definition) is 2. The first-order valence-corrected chi connectivity index (χ1v) is 6.72. The predicted molar refractivity (Wildman–Crippen MR) is 62.2 cm³/mol. The average molecular weight is 217 g/mol. The smallest absolute Gasteiger partial charge is 0.110 e. The van der Waals surface area contributed by atoms with E-state index in [1.165, 1.54) is 43.4 Å². The third-order valence-corrected chi connectivity index (χ3v) is 5.14. The highest BCUT2D eigenvalue weighted by Crippen LogP contribution is 2.58. The highest BCUT2D eigenvalue weighted by molar-refractivity contribution is 5.35. The van der Waals surface area contributed by atoms with E-state index in [9.17, 15) is 0 Å². The Labute approximate surface area is 96.4 Å². The molecule has 86 valence electrons. The average Bonchev–Trinajstić information content (AvgIpc) is 2.76. The maximum absolute atomic E-state index is 5.63. The molecule has 16 heavy (non-hydrogen) atoms. The van der Waals surface area contributed by atoms with Gasteiger partial charge in [0.15, 0.2) is 0 Å². The molecule has 2 aliphatic carbocycles. The number of fused-ring (bicyclic) bond motifs is 4. The van der Waals surface area contributed by atoms with Crippen LogP contribution in [-0.2, 0) is 12.0 Å². The number of rotatable bonds is 0. The summed E-state index contributed by atoms with van der Waals surface area (Å²) in [6.07, 6.45) is 10.1. The molecule has 2 fully saturated rings. The zero-order valence-electron chi connectivity index (χ0n) is 9.67. The second kappa shape index (κ2) is 3.13. The summed E-state index contributed by atoms with van der Waals surface area (Å²) in [4.78, 5) is 0. The Balaban J connectivity index is 1.74. The maximum atomic E-state index is 5.63. The van der Waals surface area contributed by atoms with Gasteiger partial charge >= 0.3 is 0 Å². The molecule has 2 heterocycles. The normalized spacial score (nSPS) is 41.2. The van der Waals surface area contributed by atoms with Crippen LogP contribution < -0.4 is 5.32 Å². The van der Waals surface area contributed by atoms with Crippen molar-refractivity contribution in [1.82, 2.24) is 5.32 Å². The summed E-state index contributed by atoms with van der Waals surface area (Å²) < 4.78 is 5.63. The van der Waals surface area contributed by atoms with Crippen molar-refractivity contribution in [3.8, 4) is 0 Å². The van der Waals surface area contributed by atoms with Crippen molar-refractivity contribution < 1.29 is 4.42 Å². The number of hydrogen-bond donors (Lipinski definition) is 1.